The van der Waals surface area contributed by atoms with E-state index in [1.165, 1.54) is 14.2 Å². The molecule has 1 atom stereocenters. The summed E-state index contributed by atoms with van der Waals surface area (Å²) in [6, 6.07) is 3.20. The Labute approximate surface area is 111 Å². The number of ether oxygens (including phenoxy) is 2. The molecule has 0 aromatic heterocycles. The number of amides is 1. The maximum atomic E-state index is 11.8. The number of hydrogen-bond acceptors (Lipinski definition) is 4. The summed E-state index contributed by atoms with van der Waals surface area (Å²) in [5.74, 6) is 0.500. The lowest BCUT2D eigenvalue weighted by Crippen LogP contribution is -2.26. The maximum absolute atomic E-state index is 11.8. The van der Waals surface area contributed by atoms with Gasteiger partial charge < -0.3 is 20.5 Å². The summed E-state index contributed by atoms with van der Waals surface area (Å²) in [6.45, 7) is 2.02. The van der Waals surface area contributed by atoms with Crippen LogP contribution in [0.25, 0.3) is 0 Å². The van der Waals surface area contributed by atoms with E-state index in [-0.39, 0.29) is 18.4 Å². The van der Waals surface area contributed by atoms with Crippen molar-refractivity contribution in [2.75, 3.05) is 26.1 Å². The molecule has 0 fully saturated rings. The zero-order chi connectivity index (χ0) is 13.7. The van der Waals surface area contributed by atoms with Crippen molar-refractivity contribution >= 4 is 23.2 Å². The van der Waals surface area contributed by atoms with E-state index in [0.717, 1.165) is 0 Å². The molecule has 1 amide bonds. The van der Waals surface area contributed by atoms with Gasteiger partial charge in [0, 0.05) is 18.5 Å². The van der Waals surface area contributed by atoms with Gasteiger partial charge in [0.05, 0.1) is 24.9 Å². The standard InChI is InChI=1S/C12H17ClN2O3/c1-7(6-14)12(16)15-9-4-8(13)10(17-2)5-11(9)18-3/h4-5,7H,6,14H2,1-3H3,(H,15,16). The van der Waals surface area contributed by atoms with Gasteiger partial charge in [-0.05, 0) is 6.07 Å². The molecule has 1 aromatic rings. The average molecular weight is 273 g/mol. The van der Waals surface area contributed by atoms with Gasteiger partial charge in [-0.1, -0.05) is 18.5 Å². The number of hydrogen-bond donors (Lipinski definition) is 2. The molecule has 100 valence electrons. The van der Waals surface area contributed by atoms with Crippen LogP contribution in [0.5, 0.6) is 11.5 Å². The third-order valence-corrected chi connectivity index (χ3v) is 2.83. The first kappa shape index (κ1) is 14.6. The predicted molar refractivity (Wildman–Crippen MR) is 71.4 cm³/mol. The molecule has 0 aliphatic carbocycles. The molecular formula is C12H17ClN2O3. The van der Waals surface area contributed by atoms with Crippen LogP contribution in [-0.4, -0.2) is 26.7 Å². The van der Waals surface area contributed by atoms with Crippen molar-refractivity contribution in [2.45, 2.75) is 6.92 Å². The van der Waals surface area contributed by atoms with Crippen LogP contribution in [0.3, 0.4) is 0 Å². The Kier molecular flexibility index (Phi) is 5.25. The lowest BCUT2D eigenvalue weighted by atomic mass is 10.1. The van der Waals surface area contributed by atoms with Crippen LogP contribution in [0, 0.1) is 5.92 Å². The van der Waals surface area contributed by atoms with E-state index in [1.807, 2.05) is 0 Å². The zero-order valence-electron chi connectivity index (χ0n) is 10.6. The highest BCUT2D eigenvalue weighted by Crippen LogP contribution is 2.35. The highest BCUT2D eigenvalue weighted by Gasteiger charge is 2.15. The number of carbonyl (C=O) groups excluding carboxylic acids is 1. The third-order valence-electron chi connectivity index (χ3n) is 2.53. The number of anilines is 1. The Hall–Kier alpha value is -1.46. The summed E-state index contributed by atoms with van der Waals surface area (Å²) in [5.41, 5.74) is 5.93. The normalized spacial score (nSPS) is 11.8. The number of benzene rings is 1. The minimum absolute atomic E-state index is 0.183. The van der Waals surface area contributed by atoms with Crippen LogP contribution in [0.4, 0.5) is 5.69 Å². The zero-order valence-corrected chi connectivity index (χ0v) is 11.4. The molecule has 0 saturated carbocycles. The predicted octanol–water partition coefficient (Wildman–Crippen LogP) is 1.89. The number of nitrogens with one attached hydrogen (secondary N) is 1. The SMILES string of the molecule is COc1cc(OC)c(NC(=O)C(C)CN)cc1Cl. The molecule has 18 heavy (non-hydrogen) atoms. The molecule has 1 unspecified atom stereocenters. The van der Waals surface area contributed by atoms with Gasteiger partial charge in [0.25, 0.3) is 0 Å². The van der Waals surface area contributed by atoms with Crippen LogP contribution in [0.15, 0.2) is 12.1 Å². The fourth-order valence-electron chi connectivity index (χ4n) is 1.32. The van der Waals surface area contributed by atoms with Crippen LogP contribution in [0.2, 0.25) is 5.02 Å². The number of halogens is 1. The molecule has 0 heterocycles. The Morgan fingerprint density at radius 2 is 2.00 bits per heavy atom. The highest BCUT2D eigenvalue weighted by molar-refractivity contribution is 6.32. The molecule has 0 spiro atoms. The number of nitrogens with two attached hydrogens (primary N) is 1. The van der Waals surface area contributed by atoms with E-state index < -0.39 is 0 Å². The van der Waals surface area contributed by atoms with Gasteiger partial charge in [-0.3, -0.25) is 4.79 Å². The van der Waals surface area contributed by atoms with E-state index in [2.05, 4.69) is 5.32 Å². The van der Waals surface area contributed by atoms with Crippen molar-refractivity contribution in [3.05, 3.63) is 17.2 Å². The second-order valence-corrected chi connectivity index (χ2v) is 4.22. The molecular weight excluding hydrogens is 256 g/mol. The minimum Gasteiger partial charge on any atom is -0.495 e. The van der Waals surface area contributed by atoms with Crippen LogP contribution in [0.1, 0.15) is 6.92 Å². The van der Waals surface area contributed by atoms with Crippen LogP contribution in [-0.2, 0) is 4.79 Å². The van der Waals surface area contributed by atoms with Gasteiger partial charge in [-0.2, -0.15) is 0 Å². The van der Waals surface area contributed by atoms with Gasteiger partial charge in [-0.15, -0.1) is 0 Å². The summed E-state index contributed by atoms with van der Waals surface area (Å²) in [4.78, 5) is 11.8. The first-order valence-corrected chi connectivity index (χ1v) is 5.83. The molecule has 0 aliphatic rings. The van der Waals surface area contributed by atoms with Crippen molar-refractivity contribution in [1.29, 1.82) is 0 Å². The molecule has 1 aromatic carbocycles. The van der Waals surface area contributed by atoms with Gasteiger partial charge in [-0.25, -0.2) is 0 Å². The van der Waals surface area contributed by atoms with Gasteiger partial charge in [0.1, 0.15) is 11.5 Å². The summed E-state index contributed by atoms with van der Waals surface area (Å²) in [6.07, 6.45) is 0. The highest BCUT2D eigenvalue weighted by atomic mass is 35.5. The molecule has 0 aliphatic heterocycles. The molecule has 3 N–H and O–H groups in total. The second-order valence-electron chi connectivity index (χ2n) is 3.81. The first-order valence-electron chi connectivity index (χ1n) is 5.46. The molecule has 5 nitrogen and oxygen atoms in total. The van der Waals surface area contributed by atoms with Crippen molar-refractivity contribution in [1.82, 2.24) is 0 Å². The summed E-state index contributed by atoms with van der Waals surface area (Å²) >= 11 is 6.00. The fraction of sp³-hybridized carbons (Fsp3) is 0.417. The lowest BCUT2D eigenvalue weighted by Gasteiger charge is -2.15. The molecule has 0 saturated heterocycles. The average Bonchev–Trinajstić information content (AvgIpc) is 2.38. The van der Waals surface area contributed by atoms with Gasteiger partial charge in [0.15, 0.2) is 0 Å². The Morgan fingerprint density at radius 1 is 1.39 bits per heavy atom. The molecule has 1 rings (SSSR count). The quantitative estimate of drug-likeness (QED) is 0.858. The van der Waals surface area contributed by atoms with Crippen LogP contribution < -0.4 is 20.5 Å². The minimum atomic E-state index is -0.282. The van der Waals surface area contributed by atoms with Crippen molar-refractivity contribution in [3.63, 3.8) is 0 Å². The van der Waals surface area contributed by atoms with E-state index in [4.69, 9.17) is 26.8 Å². The van der Waals surface area contributed by atoms with E-state index in [9.17, 15) is 4.79 Å². The smallest absolute Gasteiger partial charge is 0.228 e. The Balaban J connectivity index is 3.01. The topological polar surface area (TPSA) is 73.6 Å². The first-order chi connectivity index (χ1) is 8.53. The summed E-state index contributed by atoms with van der Waals surface area (Å²) < 4.78 is 10.2. The van der Waals surface area contributed by atoms with Crippen LogP contribution >= 0.6 is 11.6 Å². The van der Waals surface area contributed by atoms with Gasteiger partial charge in [0.2, 0.25) is 5.91 Å². The fourth-order valence-corrected chi connectivity index (χ4v) is 1.56. The monoisotopic (exact) mass is 272 g/mol. The molecule has 0 radical (unpaired) electrons. The van der Waals surface area contributed by atoms with Gasteiger partial charge >= 0.3 is 0 Å². The summed E-state index contributed by atoms with van der Waals surface area (Å²) in [7, 11) is 3.01. The number of rotatable bonds is 5. The van der Waals surface area contributed by atoms with E-state index in [0.29, 0.717) is 22.2 Å². The van der Waals surface area contributed by atoms with E-state index >= 15 is 0 Å². The maximum Gasteiger partial charge on any atom is 0.228 e. The largest absolute Gasteiger partial charge is 0.495 e. The lowest BCUT2D eigenvalue weighted by molar-refractivity contribution is -0.119. The number of methoxy groups -OCH3 is 2. The Bertz CT molecular complexity index is 438. The summed E-state index contributed by atoms with van der Waals surface area (Å²) in [5, 5.41) is 3.12. The van der Waals surface area contributed by atoms with Crippen molar-refractivity contribution < 1.29 is 14.3 Å². The molecule has 6 heteroatoms. The second kappa shape index (κ2) is 6.47. The van der Waals surface area contributed by atoms with Crippen molar-refractivity contribution in [3.8, 4) is 11.5 Å². The number of carbonyl (C=O) groups is 1. The molecule has 0 bridgehead atoms. The Morgan fingerprint density at radius 3 is 2.50 bits per heavy atom. The van der Waals surface area contributed by atoms with E-state index in [1.54, 1.807) is 19.1 Å². The third kappa shape index (κ3) is 3.27. The van der Waals surface area contributed by atoms with Crippen molar-refractivity contribution in [2.24, 2.45) is 11.7 Å².